The molecule has 0 bridgehead atoms. The number of aliphatic carboxylic acids is 1. The van der Waals surface area contributed by atoms with Crippen molar-refractivity contribution in [2.75, 3.05) is 0 Å². The molecule has 0 saturated heterocycles. The first-order valence-corrected chi connectivity index (χ1v) is 4.03. The molecule has 12 heavy (non-hydrogen) atoms. The molecule has 0 heterocycles. The van der Waals surface area contributed by atoms with E-state index in [1.807, 2.05) is 12.2 Å². The number of carbonyl (C=O) groups is 1. The zero-order chi connectivity index (χ0) is 8.81. The largest absolute Gasteiger partial charge is 0.478 e. The van der Waals surface area contributed by atoms with Gasteiger partial charge >= 0.3 is 5.97 Å². The second kappa shape index (κ2) is 4.54. The average Bonchev–Trinajstić information content (AvgIpc) is 2.49. The van der Waals surface area contributed by atoms with Crippen molar-refractivity contribution in [1.29, 1.82) is 0 Å². The Morgan fingerprint density at radius 1 is 1.42 bits per heavy atom. The molecule has 2 heteroatoms. The summed E-state index contributed by atoms with van der Waals surface area (Å²) in [5.74, 6) is -0.365. The molecule has 1 rings (SSSR count). The fourth-order valence-electron chi connectivity index (χ4n) is 1.14. The molecular formula is C10H12O2. The van der Waals surface area contributed by atoms with Crippen molar-refractivity contribution in [3.05, 3.63) is 36.5 Å². The highest BCUT2D eigenvalue weighted by molar-refractivity contribution is 5.79. The SMILES string of the molecule is O=C(O)C=CCCC1C=CC=C1. The lowest BCUT2D eigenvalue weighted by molar-refractivity contribution is -0.131. The Balaban J connectivity index is 2.14. The summed E-state index contributed by atoms with van der Waals surface area (Å²) in [5.41, 5.74) is 0. The van der Waals surface area contributed by atoms with E-state index in [0.717, 1.165) is 12.8 Å². The van der Waals surface area contributed by atoms with Gasteiger partial charge in [0.15, 0.2) is 0 Å². The van der Waals surface area contributed by atoms with Crippen LogP contribution in [0.5, 0.6) is 0 Å². The van der Waals surface area contributed by atoms with E-state index in [9.17, 15) is 4.79 Å². The van der Waals surface area contributed by atoms with Gasteiger partial charge in [-0.3, -0.25) is 0 Å². The van der Waals surface area contributed by atoms with Crippen molar-refractivity contribution in [3.8, 4) is 0 Å². The predicted octanol–water partition coefficient (Wildman–Crippen LogP) is 2.15. The van der Waals surface area contributed by atoms with Crippen molar-refractivity contribution < 1.29 is 9.90 Å². The van der Waals surface area contributed by atoms with Crippen LogP contribution in [0.2, 0.25) is 0 Å². The normalized spacial score (nSPS) is 16.3. The summed E-state index contributed by atoms with van der Waals surface area (Å²) in [6, 6.07) is 0. The molecular weight excluding hydrogens is 152 g/mol. The van der Waals surface area contributed by atoms with Gasteiger partial charge in [0, 0.05) is 6.08 Å². The van der Waals surface area contributed by atoms with Crippen LogP contribution in [0, 0.1) is 5.92 Å². The number of carboxylic acids is 1. The van der Waals surface area contributed by atoms with Crippen LogP contribution in [0.3, 0.4) is 0 Å². The van der Waals surface area contributed by atoms with Crippen molar-refractivity contribution in [3.63, 3.8) is 0 Å². The van der Waals surface area contributed by atoms with Crippen LogP contribution in [0.1, 0.15) is 12.8 Å². The summed E-state index contributed by atoms with van der Waals surface area (Å²) in [6.45, 7) is 0. The summed E-state index contributed by atoms with van der Waals surface area (Å²) in [7, 11) is 0. The molecule has 0 saturated carbocycles. The van der Waals surface area contributed by atoms with Gasteiger partial charge in [0.05, 0.1) is 0 Å². The van der Waals surface area contributed by atoms with Gasteiger partial charge in [-0.1, -0.05) is 30.4 Å². The lowest BCUT2D eigenvalue weighted by Gasteiger charge is -1.99. The maximum Gasteiger partial charge on any atom is 0.327 e. The molecule has 0 aliphatic heterocycles. The lowest BCUT2D eigenvalue weighted by Crippen LogP contribution is -1.89. The molecule has 0 atom stereocenters. The number of hydrogen-bond donors (Lipinski definition) is 1. The van der Waals surface area contributed by atoms with Gasteiger partial charge in [-0.2, -0.15) is 0 Å². The third-order valence-corrected chi connectivity index (χ3v) is 1.75. The highest BCUT2D eigenvalue weighted by atomic mass is 16.4. The van der Waals surface area contributed by atoms with E-state index in [1.54, 1.807) is 6.08 Å². The lowest BCUT2D eigenvalue weighted by atomic mass is 10.1. The van der Waals surface area contributed by atoms with Gasteiger partial charge in [-0.25, -0.2) is 4.79 Å². The summed E-state index contributed by atoms with van der Waals surface area (Å²) in [6.07, 6.45) is 13.0. The van der Waals surface area contributed by atoms with Crippen LogP contribution in [-0.2, 0) is 4.79 Å². The van der Waals surface area contributed by atoms with Crippen LogP contribution in [0.25, 0.3) is 0 Å². The smallest absolute Gasteiger partial charge is 0.327 e. The molecule has 64 valence electrons. The maximum atomic E-state index is 10.1. The Labute approximate surface area is 71.9 Å². The summed E-state index contributed by atoms with van der Waals surface area (Å²) < 4.78 is 0. The van der Waals surface area contributed by atoms with Gasteiger partial charge in [-0.05, 0) is 18.8 Å². The average molecular weight is 164 g/mol. The Hall–Kier alpha value is -1.31. The first kappa shape index (κ1) is 8.78. The molecule has 1 aliphatic carbocycles. The van der Waals surface area contributed by atoms with Crippen LogP contribution < -0.4 is 0 Å². The van der Waals surface area contributed by atoms with E-state index in [0.29, 0.717) is 5.92 Å². The monoisotopic (exact) mass is 164 g/mol. The van der Waals surface area contributed by atoms with Crippen LogP contribution in [0.4, 0.5) is 0 Å². The van der Waals surface area contributed by atoms with Crippen LogP contribution >= 0.6 is 0 Å². The zero-order valence-corrected chi connectivity index (χ0v) is 6.81. The van der Waals surface area contributed by atoms with Crippen molar-refractivity contribution in [1.82, 2.24) is 0 Å². The van der Waals surface area contributed by atoms with Crippen molar-refractivity contribution in [2.24, 2.45) is 5.92 Å². The topological polar surface area (TPSA) is 37.3 Å². The standard InChI is InChI=1S/C10H12O2/c11-10(12)8-4-3-7-9-5-1-2-6-9/h1-2,4-6,8-9H,3,7H2,(H,11,12). The van der Waals surface area contributed by atoms with Crippen molar-refractivity contribution in [2.45, 2.75) is 12.8 Å². The maximum absolute atomic E-state index is 10.1. The zero-order valence-electron chi connectivity index (χ0n) is 6.81. The minimum Gasteiger partial charge on any atom is -0.478 e. The first-order valence-electron chi connectivity index (χ1n) is 4.03. The number of allylic oxidation sites excluding steroid dienone is 5. The number of rotatable bonds is 4. The van der Waals surface area contributed by atoms with E-state index in [2.05, 4.69) is 12.2 Å². The highest BCUT2D eigenvalue weighted by Crippen LogP contribution is 2.14. The minimum absolute atomic E-state index is 0.503. The Kier molecular flexibility index (Phi) is 3.33. The molecule has 2 nitrogen and oxygen atoms in total. The molecule has 1 N–H and O–H groups in total. The molecule has 0 radical (unpaired) electrons. The molecule has 0 fully saturated rings. The van der Waals surface area contributed by atoms with Gasteiger partial charge < -0.3 is 5.11 Å². The van der Waals surface area contributed by atoms with Crippen LogP contribution in [-0.4, -0.2) is 11.1 Å². The third kappa shape index (κ3) is 3.19. The Morgan fingerprint density at radius 2 is 2.08 bits per heavy atom. The van der Waals surface area contributed by atoms with E-state index < -0.39 is 5.97 Å². The van der Waals surface area contributed by atoms with Crippen molar-refractivity contribution >= 4 is 5.97 Å². The second-order valence-electron chi connectivity index (χ2n) is 2.75. The molecule has 1 aliphatic rings. The Morgan fingerprint density at radius 3 is 2.67 bits per heavy atom. The van der Waals surface area contributed by atoms with E-state index in [-0.39, 0.29) is 0 Å². The first-order chi connectivity index (χ1) is 5.79. The van der Waals surface area contributed by atoms with E-state index in [4.69, 9.17) is 5.11 Å². The minimum atomic E-state index is -0.868. The quantitative estimate of drug-likeness (QED) is 0.646. The van der Waals surface area contributed by atoms with E-state index >= 15 is 0 Å². The van der Waals surface area contributed by atoms with E-state index in [1.165, 1.54) is 6.08 Å². The predicted molar refractivity (Wildman–Crippen MR) is 47.8 cm³/mol. The Bertz CT molecular complexity index is 224. The number of hydrogen-bond acceptors (Lipinski definition) is 1. The summed E-state index contributed by atoms with van der Waals surface area (Å²) in [4.78, 5) is 10.1. The fourth-order valence-corrected chi connectivity index (χ4v) is 1.14. The molecule has 0 spiro atoms. The highest BCUT2D eigenvalue weighted by Gasteiger charge is 2.00. The van der Waals surface area contributed by atoms with Crippen LogP contribution in [0.15, 0.2) is 36.5 Å². The van der Waals surface area contributed by atoms with Gasteiger partial charge in [0.25, 0.3) is 0 Å². The fraction of sp³-hybridized carbons (Fsp3) is 0.300. The molecule has 0 unspecified atom stereocenters. The second-order valence-corrected chi connectivity index (χ2v) is 2.75. The van der Waals surface area contributed by atoms with Gasteiger partial charge in [0.2, 0.25) is 0 Å². The number of carboxylic acid groups (broad SMARTS) is 1. The summed E-state index contributed by atoms with van der Waals surface area (Å²) >= 11 is 0. The third-order valence-electron chi connectivity index (χ3n) is 1.75. The van der Waals surface area contributed by atoms with Gasteiger partial charge in [-0.15, -0.1) is 0 Å². The van der Waals surface area contributed by atoms with Gasteiger partial charge in [0.1, 0.15) is 0 Å². The molecule has 0 aromatic rings. The summed E-state index contributed by atoms with van der Waals surface area (Å²) in [5, 5.41) is 8.29. The molecule has 0 aromatic heterocycles. The molecule has 0 amide bonds. The molecule has 0 aromatic carbocycles.